The van der Waals surface area contributed by atoms with Crippen molar-refractivity contribution in [1.29, 1.82) is 0 Å². The highest BCUT2D eigenvalue weighted by Gasteiger charge is 2.09. The molecule has 3 aromatic rings. The van der Waals surface area contributed by atoms with Crippen LogP contribution in [-0.2, 0) is 17.8 Å². The lowest BCUT2D eigenvalue weighted by Gasteiger charge is -2.08. The zero-order valence-electron chi connectivity index (χ0n) is 12.3. The Morgan fingerprint density at radius 2 is 1.96 bits per heavy atom. The number of halogens is 1. The maximum atomic E-state index is 12.1. The lowest BCUT2D eigenvalue weighted by Crippen LogP contribution is -2.26. The van der Waals surface area contributed by atoms with Crippen LogP contribution in [0.15, 0.2) is 65.4 Å². The quantitative estimate of drug-likeness (QED) is 0.750. The molecule has 0 aliphatic heterocycles. The summed E-state index contributed by atoms with van der Waals surface area (Å²) in [6.45, 7) is 0.335. The topological polar surface area (TPSA) is 59.8 Å². The fourth-order valence-electron chi connectivity index (χ4n) is 2.26. The zero-order chi connectivity index (χ0) is 16.1. The van der Waals surface area contributed by atoms with Gasteiger partial charge in [0.05, 0.1) is 13.0 Å². The first kappa shape index (κ1) is 15.4. The fraction of sp³-hybridized carbons (Fsp3) is 0.118. The molecule has 6 heteroatoms. The van der Waals surface area contributed by atoms with Crippen LogP contribution in [0.25, 0.3) is 5.69 Å². The van der Waals surface area contributed by atoms with Gasteiger partial charge in [-0.25, -0.2) is 0 Å². The molecule has 3 rings (SSSR count). The summed E-state index contributed by atoms with van der Waals surface area (Å²) in [4.78, 5) is 12.1. The van der Waals surface area contributed by atoms with Crippen molar-refractivity contribution < 1.29 is 4.79 Å². The predicted molar refractivity (Wildman–Crippen MR) is 91.1 cm³/mol. The average Bonchev–Trinajstić information content (AvgIpc) is 3.02. The van der Waals surface area contributed by atoms with E-state index in [9.17, 15) is 4.79 Å². The second-order valence-electron chi connectivity index (χ2n) is 5.04. The van der Waals surface area contributed by atoms with Gasteiger partial charge in [-0.2, -0.15) is 0 Å². The van der Waals surface area contributed by atoms with Gasteiger partial charge in [0.15, 0.2) is 5.82 Å². The third kappa shape index (κ3) is 4.04. The van der Waals surface area contributed by atoms with Crippen LogP contribution in [-0.4, -0.2) is 20.7 Å². The van der Waals surface area contributed by atoms with Gasteiger partial charge < -0.3 is 5.32 Å². The zero-order valence-corrected chi connectivity index (χ0v) is 13.9. The molecule has 2 aromatic carbocycles. The first-order valence-electron chi connectivity index (χ1n) is 7.18. The molecule has 1 N–H and O–H groups in total. The monoisotopic (exact) mass is 370 g/mol. The Bertz CT molecular complexity index is 801. The fourth-order valence-corrected chi connectivity index (χ4v) is 2.70. The number of aromatic nitrogens is 3. The minimum atomic E-state index is -0.0503. The summed E-state index contributed by atoms with van der Waals surface area (Å²) >= 11 is 3.40. The first-order valence-corrected chi connectivity index (χ1v) is 7.97. The maximum absolute atomic E-state index is 12.1. The number of nitrogens with one attached hydrogen (secondary N) is 1. The van der Waals surface area contributed by atoms with Crippen LogP contribution in [0.3, 0.4) is 0 Å². The van der Waals surface area contributed by atoms with Crippen molar-refractivity contribution in [3.8, 4) is 5.69 Å². The highest BCUT2D eigenvalue weighted by molar-refractivity contribution is 9.10. The molecule has 0 spiro atoms. The number of hydrogen-bond acceptors (Lipinski definition) is 3. The first-order chi connectivity index (χ1) is 11.2. The summed E-state index contributed by atoms with van der Waals surface area (Å²) in [5.41, 5.74) is 1.93. The number of para-hydroxylation sites is 1. The van der Waals surface area contributed by atoms with Crippen molar-refractivity contribution in [2.24, 2.45) is 0 Å². The van der Waals surface area contributed by atoms with Crippen LogP contribution in [0.5, 0.6) is 0 Å². The smallest absolute Gasteiger partial charge is 0.224 e. The normalized spacial score (nSPS) is 10.5. The van der Waals surface area contributed by atoms with E-state index in [1.165, 1.54) is 0 Å². The van der Waals surface area contributed by atoms with Crippen LogP contribution < -0.4 is 5.32 Å². The molecule has 1 heterocycles. The largest absolute Gasteiger partial charge is 0.348 e. The molecule has 0 saturated heterocycles. The van der Waals surface area contributed by atoms with E-state index in [1.54, 1.807) is 6.33 Å². The average molecular weight is 371 g/mol. The number of rotatable bonds is 5. The van der Waals surface area contributed by atoms with E-state index in [2.05, 4.69) is 31.4 Å². The Balaban J connectivity index is 1.63. The maximum Gasteiger partial charge on any atom is 0.224 e. The van der Waals surface area contributed by atoms with Gasteiger partial charge in [0.25, 0.3) is 0 Å². The number of benzene rings is 2. The van der Waals surface area contributed by atoms with Crippen LogP contribution in [0.4, 0.5) is 0 Å². The van der Waals surface area contributed by atoms with Gasteiger partial charge in [0, 0.05) is 10.2 Å². The summed E-state index contributed by atoms with van der Waals surface area (Å²) in [6.07, 6.45) is 1.98. The van der Waals surface area contributed by atoms with Gasteiger partial charge in [-0.3, -0.25) is 9.36 Å². The van der Waals surface area contributed by atoms with Crippen molar-refractivity contribution in [3.05, 3.63) is 76.8 Å². The van der Waals surface area contributed by atoms with E-state index in [1.807, 2.05) is 59.2 Å². The molecule has 0 radical (unpaired) electrons. The Kier molecular flexibility index (Phi) is 4.83. The molecule has 5 nitrogen and oxygen atoms in total. The Morgan fingerprint density at radius 1 is 1.13 bits per heavy atom. The van der Waals surface area contributed by atoms with Crippen LogP contribution in [0, 0.1) is 0 Å². The molecule has 0 aliphatic rings. The van der Waals surface area contributed by atoms with Gasteiger partial charge in [-0.1, -0.05) is 46.3 Å². The van der Waals surface area contributed by atoms with Gasteiger partial charge >= 0.3 is 0 Å². The molecule has 1 aromatic heterocycles. The molecule has 0 atom stereocenters. The highest BCUT2D eigenvalue weighted by atomic mass is 79.9. The molecule has 116 valence electrons. The minimum absolute atomic E-state index is 0.0503. The molecular formula is C17H15BrN4O. The lowest BCUT2D eigenvalue weighted by atomic mass is 10.1. The number of hydrogen-bond donors (Lipinski definition) is 1. The highest BCUT2D eigenvalue weighted by Crippen LogP contribution is 2.12. The lowest BCUT2D eigenvalue weighted by molar-refractivity contribution is -0.120. The van der Waals surface area contributed by atoms with Gasteiger partial charge in [0.1, 0.15) is 6.33 Å². The number of carbonyl (C=O) groups is 1. The summed E-state index contributed by atoms with van der Waals surface area (Å²) < 4.78 is 2.82. The summed E-state index contributed by atoms with van der Waals surface area (Å²) in [5.74, 6) is 0.643. The van der Waals surface area contributed by atoms with Crippen LogP contribution in [0.1, 0.15) is 11.4 Å². The van der Waals surface area contributed by atoms with E-state index in [4.69, 9.17) is 0 Å². The van der Waals surface area contributed by atoms with Crippen molar-refractivity contribution in [2.45, 2.75) is 13.0 Å². The summed E-state index contributed by atoms with van der Waals surface area (Å²) in [5, 5.41) is 10.9. The van der Waals surface area contributed by atoms with Crippen LogP contribution >= 0.6 is 15.9 Å². The number of amides is 1. The standard InChI is InChI=1S/C17H15BrN4O/c18-14-6-4-5-13(9-14)10-17(23)19-11-16-21-20-12-22(16)15-7-2-1-3-8-15/h1-9,12H,10-11H2,(H,19,23). The SMILES string of the molecule is O=C(Cc1cccc(Br)c1)NCc1nncn1-c1ccccc1. The number of carbonyl (C=O) groups excluding carboxylic acids is 1. The van der Waals surface area contributed by atoms with Gasteiger partial charge in [-0.15, -0.1) is 10.2 Å². The Labute approximate surface area is 142 Å². The third-order valence-corrected chi connectivity index (χ3v) is 3.84. The van der Waals surface area contributed by atoms with Gasteiger partial charge in [0.2, 0.25) is 5.91 Å². The molecule has 1 amide bonds. The second-order valence-corrected chi connectivity index (χ2v) is 5.95. The van der Waals surface area contributed by atoms with Crippen molar-refractivity contribution in [2.75, 3.05) is 0 Å². The molecule has 0 fully saturated rings. The van der Waals surface area contributed by atoms with E-state index in [-0.39, 0.29) is 5.91 Å². The summed E-state index contributed by atoms with van der Waals surface area (Å²) in [7, 11) is 0. The van der Waals surface area contributed by atoms with Crippen molar-refractivity contribution >= 4 is 21.8 Å². The Hall–Kier alpha value is -2.47. The van der Waals surface area contributed by atoms with E-state index >= 15 is 0 Å². The third-order valence-electron chi connectivity index (χ3n) is 3.35. The molecule has 0 aliphatic carbocycles. The molecule has 0 unspecified atom stereocenters. The summed E-state index contributed by atoms with van der Waals surface area (Å²) in [6, 6.07) is 17.5. The number of nitrogens with zero attached hydrogens (tertiary/aromatic N) is 3. The molecule has 0 saturated carbocycles. The molecular weight excluding hydrogens is 356 g/mol. The molecule has 23 heavy (non-hydrogen) atoms. The van der Waals surface area contributed by atoms with E-state index in [0.717, 1.165) is 15.7 Å². The molecule has 0 bridgehead atoms. The van der Waals surface area contributed by atoms with Crippen molar-refractivity contribution in [1.82, 2.24) is 20.1 Å². The van der Waals surface area contributed by atoms with E-state index < -0.39 is 0 Å². The Morgan fingerprint density at radius 3 is 2.74 bits per heavy atom. The van der Waals surface area contributed by atoms with E-state index in [0.29, 0.717) is 18.8 Å². The predicted octanol–water partition coefficient (Wildman–Crippen LogP) is 2.89. The minimum Gasteiger partial charge on any atom is -0.348 e. The van der Waals surface area contributed by atoms with Crippen LogP contribution in [0.2, 0.25) is 0 Å². The van der Waals surface area contributed by atoms with Crippen molar-refractivity contribution in [3.63, 3.8) is 0 Å². The second kappa shape index (κ2) is 7.19. The van der Waals surface area contributed by atoms with Gasteiger partial charge in [-0.05, 0) is 29.8 Å².